The molecule has 1 amide bonds. The fourth-order valence-electron chi connectivity index (χ4n) is 3.49. The molecular formula is C20H24N2O5S. The van der Waals surface area contributed by atoms with Crippen molar-refractivity contribution < 1.29 is 22.7 Å². The Hall–Kier alpha value is -2.58. The number of fused-ring (bicyclic) bond motifs is 1. The van der Waals surface area contributed by atoms with Crippen molar-refractivity contribution in [3.05, 3.63) is 47.5 Å². The number of aryl methyl sites for hydroxylation is 1. The van der Waals surface area contributed by atoms with Gasteiger partial charge >= 0.3 is 0 Å². The summed E-state index contributed by atoms with van der Waals surface area (Å²) in [6.07, 6.45) is 2.56. The lowest BCUT2D eigenvalue weighted by Gasteiger charge is -2.26. The van der Waals surface area contributed by atoms with Gasteiger partial charge in [-0.25, -0.2) is 13.1 Å². The molecule has 0 heterocycles. The average molecular weight is 404 g/mol. The van der Waals surface area contributed by atoms with Crippen LogP contribution in [-0.4, -0.2) is 28.5 Å². The zero-order chi connectivity index (χ0) is 20.3. The third-order valence-corrected chi connectivity index (χ3v) is 6.25. The number of amides is 1. The van der Waals surface area contributed by atoms with E-state index >= 15 is 0 Å². The standard InChI is InChI=1S/C20H24N2O5S/c1-13(23)21-17-11-20(19(27-3)12-18(17)26-2)28(24,25)22-16-10-6-8-14-7-4-5-9-15(14)16/h4-5,7,9,11-12,16,22H,6,8,10H2,1-3H3,(H,21,23). The highest BCUT2D eigenvalue weighted by atomic mass is 32.2. The number of carbonyl (C=O) groups is 1. The van der Waals surface area contributed by atoms with Gasteiger partial charge in [-0.05, 0) is 36.5 Å². The number of sulfonamides is 1. The predicted octanol–water partition coefficient (Wildman–Crippen LogP) is 3.02. The SMILES string of the molecule is COc1cc(OC)c(S(=O)(=O)NC2CCCc3ccccc32)cc1NC(C)=O. The molecule has 0 aliphatic heterocycles. The van der Waals surface area contributed by atoms with E-state index in [0.717, 1.165) is 24.0 Å². The topological polar surface area (TPSA) is 93.7 Å². The number of anilines is 1. The summed E-state index contributed by atoms with van der Waals surface area (Å²) >= 11 is 0. The lowest BCUT2D eigenvalue weighted by Crippen LogP contribution is -2.31. The molecule has 0 aromatic heterocycles. The van der Waals surface area contributed by atoms with E-state index in [0.29, 0.717) is 12.2 Å². The van der Waals surface area contributed by atoms with Gasteiger partial charge in [0.2, 0.25) is 15.9 Å². The minimum absolute atomic E-state index is 0.0531. The molecule has 0 spiro atoms. The van der Waals surface area contributed by atoms with Crippen LogP contribution in [0.5, 0.6) is 11.5 Å². The van der Waals surface area contributed by atoms with Gasteiger partial charge in [0.1, 0.15) is 16.4 Å². The molecule has 1 aliphatic carbocycles. The molecule has 0 bridgehead atoms. The largest absolute Gasteiger partial charge is 0.495 e. The van der Waals surface area contributed by atoms with Crippen molar-refractivity contribution in [1.82, 2.24) is 4.72 Å². The summed E-state index contributed by atoms with van der Waals surface area (Å²) in [5.41, 5.74) is 2.41. The fourth-order valence-corrected chi connectivity index (χ4v) is 4.92. The number of carbonyl (C=O) groups excluding carboxylic acids is 1. The van der Waals surface area contributed by atoms with E-state index in [9.17, 15) is 13.2 Å². The summed E-state index contributed by atoms with van der Waals surface area (Å²) < 4.78 is 39.7. The number of hydrogen-bond acceptors (Lipinski definition) is 5. The second kappa shape index (κ2) is 8.20. The molecule has 0 saturated heterocycles. The van der Waals surface area contributed by atoms with Gasteiger partial charge in [0.05, 0.1) is 19.9 Å². The van der Waals surface area contributed by atoms with E-state index in [1.165, 1.54) is 33.3 Å². The van der Waals surface area contributed by atoms with Crippen molar-refractivity contribution in [2.75, 3.05) is 19.5 Å². The molecule has 3 rings (SSSR count). The first-order valence-electron chi connectivity index (χ1n) is 8.99. The quantitative estimate of drug-likeness (QED) is 0.772. The van der Waals surface area contributed by atoms with E-state index < -0.39 is 10.0 Å². The molecule has 8 heteroatoms. The minimum atomic E-state index is -3.91. The highest BCUT2D eigenvalue weighted by Crippen LogP contribution is 2.37. The molecule has 0 fully saturated rings. The summed E-state index contributed by atoms with van der Waals surface area (Å²) in [6.45, 7) is 1.34. The number of ether oxygens (including phenoxy) is 2. The van der Waals surface area contributed by atoms with Crippen LogP contribution in [0.25, 0.3) is 0 Å². The van der Waals surface area contributed by atoms with Crippen molar-refractivity contribution in [3.8, 4) is 11.5 Å². The summed E-state index contributed by atoms with van der Waals surface area (Å²) in [5, 5.41) is 2.60. The number of methoxy groups -OCH3 is 2. The van der Waals surface area contributed by atoms with Gasteiger partial charge in [-0.3, -0.25) is 4.79 Å². The smallest absolute Gasteiger partial charge is 0.244 e. The Balaban J connectivity index is 2.01. The Labute approximate surface area is 165 Å². The van der Waals surface area contributed by atoms with Gasteiger partial charge in [0.15, 0.2) is 0 Å². The molecule has 2 N–H and O–H groups in total. The van der Waals surface area contributed by atoms with Gasteiger partial charge in [0.25, 0.3) is 0 Å². The molecular weight excluding hydrogens is 380 g/mol. The summed E-state index contributed by atoms with van der Waals surface area (Å²) in [7, 11) is -1.08. The maximum absolute atomic E-state index is 13.2. The van der Waals surface area contributed by atoms with E-state index in [1.807, 2.05) is 24.3 Å². The van der Waals surface area contributed by atoms with Crippen LogP contribution in [0.2, 0.25) is 0 Å². The van der Waals surface area contributed by atoms with Crippen LogP contribution in [0.1, 0.15) is 36.9 Å². The molecule has 1 atom stereocenters. The van der Waals surface area contributed by atoms with Crippen LogP contribution in [0.4, 0.5) is 5.69 Å². The number of hydrogen-bond donors (Lipinski definition) is 2. The van der Waals surface area contributed by atoms with Gasteiger partial charge in [-0.1, -0.05) is 24.3 Å². The molecule has 2 aromatic rings. The normalized spacial score (nSPS) is 16.2. The minimum Gasteiger partial charge on any atom is -0.495 e. The van der Waals surface area contributed by atoms with Crippen molar-refractivity contribution in [3.63, 3.8) is 0 Å². The van der Waals surface area contributed by atoms with Crippen LogP contribution in [0.3, 0.4) is 0 Å². The van der Waals surface area contributed by atoms with E-state index in [4.69, 9.17) is 9.47 Å². The van der Waals surface area contributed by atoms with Gasteiger partial charge in [-0.15, -0.1) is 0 Å². The third-order valence-electron chi connectivity index (χ3n) is 4.75. The third kappa shape index (κ3) is 4.13. The average Bonchev–Trinajstić information content (AvgIpc) is 2.67. The molecule has 28 heavy (non-hydrogen) atoms. The molecule has 1 aliphatic rings. The molecule has 2 aromatic carbocycles. The fraction of sp³-hybridized carbons (Fsp3) is 0.350. The van der Waals surface area contributed by atoms with Crippen molar-refractivity contribution in [1.29, 1.82) is 0 Å². The summed E-state index contributed by atoms with van der Waals surface area (Å²) in [4.78, 5) is 11.4. The second-order valence-corrected chi connectivity index (χ2v) is 8.33. The van der Waals surface area contributed by atoms with Gasteiger partial charge < -0.3 is 14.8 Å². The monoisotopic (exact) mass is 404 g/mol. The van der Waals surface area contributed by atoms with Crippen molar-refractivity contribution in [2.45, 2.75) is 37.1 Å². The molecule has 0 radical (unpaired) electrons. The van der Waals surface area contributed by atoms with E-state index in [-0.39, 0.29) is 28.3 Å². The van der Waals surface area contributed by atoms with Crippen LogP contribution < -0.4 is 19.5 Å². The number of rotatable bonds is 6. The first-order chi connectivity index (χ1) is 13.4. The zero-order valence-electron chi connectivity index (χ0n) is 16.1. The second-order valence-electron chi connectivity index (χ2n) is 6.65. The Morgan fingerprint density at radius 1 is 1.11 bits per heavy atom. The van der Waals surface area contributed by atoms with Crippen LogP contribution in [-0.2, 0) is 21.2 Å². The Kier molecular flexibility index (Phi) is 5.90. The van der Waals surface area contributed by atoms with Crippen LogP contribution in [0, 0.1) is 0 Å². The van der Waals surface area contributed by atoms with E-state index in [2.05, 4.69) is 10.0 Å². The highest BCUT2D eigenvalue weighted by molar-refractivity contribution is 7.89. The first-order valence-corrected chi connectivity index (χ1v) is 10.5. The Bertz CT molecular complexity index is 988. The number of nitrogens with one attached hydrogen (secondary N) is 2. The Morgan fingerprint density at radius 3 is 2.50 bits per heavy atom. The zero-order valence-corrected chi connectivity index (χ0v) is 16.9. The summed E-state index contributed by atoms with van der Waals surface area (Å²) in [5.74, 6) is 0.123. The van der Waals surface area contributed by atoms with Crippen molar-refractivity contribution in [2.24, 2.45) is 0 Å². The van der Waals surface area contributed by atoms with E-state index in [1.54, 1.807) is 0 Å². The van der Waals surface area contributed by atoms with Crippen LogP contribution in [0.15, 0.2) is 41.3 Å². The molecule has 150 valence electrons. The van der Waals surface area contributed by atoms with Gasteiger partial charge in [-0.2, -0.15) is 0 Å². The highest BCUT2D eigenvalue weighted by Gasteiger charge is 2.29. The first kappa shape index (κ1) is 20.2. The van der Waals surface area contributed by atoms with Gasteiger partial charge in [0, 0.05) is 19.0 Å². The molecule has 0 saturated carbocycles. The summed E-state index contributed by atoms with van der Waals surface area (Å²) in [6, 6.07) is 10.3. The predicted molar refractivity (Wildman–Crippen MR) is 106 cm³/mol. The maximum atomic E-state index is 13.2. The number of benzene rings is 2. The molecule has 7 nitrogen and oxygen atoms in total. The van der Waals surface area contributed by atoms with Crippen LogP contribution >= 0.6 is 0 Å². The lowest BCUT2D eigenvalue weighted by molar-refractivity contribution is -0.114. The Morgan fingerprint density at radius 2 is 1.82 bits per heavy atom. The lowest BCUT2D eigenvalue weighted by atomic mass is 9.88. The van der Waals surface area contributed by atoms with Crippen molar-refractivity contribution >= 4 is 21.6 Å². The molecule has 1 unspecified atom stereocenters. The maximum Gasteiger partial charge on any atom is 0.244 e.